The van der Waals surface area contributed by atoms with Gasteiger partial charge in [0.15, 0.2) is 5.65 Å². The molecular weight excluding hydrogens is 432 g/mol. The Morgan fingerprint density at radius 1 is 1.21 bits per heavy atom. The van der Waals surface area contributed by atoms with Crippen molar-refractivity contribution in [1.82, 2.24) is 35.5 Å². The van der Waals surface area contributed by atoms with Crippen LogP contribution in [0.5, 0.6) is 6.01 Å². The first-order valence-corrected chi connectivity index (χ1v) is 12.3. The van der Waals surface area contributed by atoms with Crippen molar-refractivity contribution in [3.05, 3.63) is 29.8 Å². The summed E-state index contributed by atoms with van der Waals surface area (Å²) in [6.07, 6.45) is 7.12. The number of hydrogen-bond acceptors (Lipinski definition) is 8. The Kier molecular flexibility index (Phi) is 5.50. The molecule has 10 nitrogen and oxygen atoms in total. The molecule has 4 heterocycles. The summed E-state index contributed by atoms with van der Waals surface area (Å²) in [5.74, 6) is 2.53. The van der Waals surface area contributed by atoms with Gasteiger partial charge in [-0.25, -0.2) is 4.98 Å². The highest BCUT2D eigenvalue weighted by molar-refractivity contribution is 5.90. The zero-order chi connectivity index (χ0) is 23.1. The average molecular weight is 463 g/mol. The van der Waals surface area contributed by atoms with Gasteiger partial charge in [0.25, 0.3) is 5.91 Å². The summed E-state index contributed by atoms with van der Waals surface area (Å²) in [5.41, 5.74) is 1.90. The number of rotatable bonds is 8. The van der Waals surface area contributed by atoms with Crippen LogP contribution >= 0.6 is 0 Å². The van der Waals surface area contributed by atoms with E-state index in [0.29, 0.717) is 42.8 Å². The van der Waals surface area contributed by atoms with Crippen LogP contribution in [0.25, 0.3) is 11.0 Å². The van der Waals surface area contributed by atoms with Crippen molar-refractivity contribution in [2.75, 3.05) is 31.1 Å². The van der Waals surface area contributed by atoms with Crippen LogP contribution in [0.4, 0.5) is 5.95 Å². The van der Waals surface area contributed by atoms with Gasteiger partial charge in [-0.1, -0.05) is 6.92 Å². The number of H-pyrrole nitrogens is 1. The predicted octanol–water partition coefficient (Wildman–Crippen LogP) is 2.70. The lowest BCUT2D eigenvalue weighted by atomic mass is 9.92. The van der Waals surface area contributed by atoms with Crippen molar-refractivity contribution in [1.29, 1.82) is 0 Å². The molecule has 0 bridgehead atoms. The first kappa shape index (κ1) is 21.2. The zero-order valence-corrected chi connectivity index (χ0v) is 19.4. The number of fused-ring (bicyclic) bond motifs is 1. The van der Waals surface area contributed by atoms with Crippen molar-refractivity contribution in [3.63, 3.8) is 0 Å². The molecule has 3 fully saturated rings. The summed E-state index contributed by atoms with van der Waals surface area (Å²) in [6, 6.07) is 4.25. The minimum Gasteiger partial charge on any atom is -0.463 e. The lowest BCUT2D eigenvalue weighted by Crippen LogP contribution is -2.35. The Bertz CT molecular complexity index is 1180. The van der Waals surface area contributed by atoms with Gasteiger partial charge >= 0.3 is 6.01 Å². The van der Waals surface area contributed by atoms with Crippen LogP contribution in [-0.4, -0.2) is 62.3 Å². The number of aromatic nitrogens is 6. The average Bonchev–Trinajstić information content (AvgIpc) is 3.79. The summed E-state index contributed by atoms with van der Waals surface area (Å²) in [6.45, 7) is 5.01. The standard InChI is InChI=1S/C24H30N8O2/c1-14-11-17(14)13-34-24-28-21(22(33)26-12-15-4-5-15)27-23(29-24)32-9-6-16(7-10-32)19-18-3-2-8-25-20(18)31-30-19/h2-3,8,14-17H,4-7,9-13H2,1H3,(H,26,33)(H,25,30,31)/t14-,17-/m1/s1. The number of ether oxygens (including phenoxy) is 1. The molecule has 1 amide bonds. The smallest absolute Gasteiger partial charge is 0.321 e. The van der Waals surface area contributed by atoms with Gasteiger partial charge in [-0.2, -0.15) is 20.1 Å². The minimum atomic E-state index is -0.259. The molecule has 1 aliphatic heterocycles. The fraction of sp³-hybridized carbons (Fsp3) is 0.583. The number of piperidine rings is 1. The number of amides is 1. The van der Waals surface area contributed by atoms with E-state index in [-0.39, 0.29) is 17.7 Å². The predicted molar refractivity (Wildman–Crippen MR) is 126 cm³/mol. The van der Waals surface area contributed by atoms with Gasteiger partial charge in [0.05, 0.1) is 12.3 Å². The highest BCUT2D eigenvalue weighted by Crippen LogP contribution is 2.38. The molecule has 0 unspecified atom stereocenters. The summed E-state index contributed by atoms with van der Waals surface area (Å²) in [4.78, 5) is 32.7. The first-order valence-electron chi connectivity index (χ1n) is 12.3. The highest BCUT2D eigenvalue weighted by atomic mass is 16.5. The highest BCUT2D eigenvalue weighted by Gasteiger charge is 2.34. The van der Waals surface area contributed by atoms with E-state index in [2.05, 4.69) is 53.3 Å². The van der Waals surface area contributed by atoms with Crippen molar-refractivity contribution in [2.45, 2.75) is 44.9 Å². The van der Waals surface area contributed by atoms with Crippen LogP contribution in [0.1, 0.15) is 61.3 Å². The molecule has 34 heavy (non-hydrogen) atoms. The summed E-state index contributed by atoms with van der Waals surface area (Å²) in [7, 11) is 0. The SMILES string of the molecule is C[C@@H]1C[C@@H]1COc1nc(C(=O)NCC2CC2)nc(N2CCC(c3n[nH]c4ncccc34)CC2)n1. The normalized spacial score (nSPS) is 22.7. The molecule has 6 rings (SSSR count). The fourth-order valence-corrected chi connectivity index (χ4v) is 4.64. The van der Waals surface area contributed by atoms with Gasteiger partial charge in [-0.05, 0) is 62.0 Å². The Morgan fingerprint density at radius 3 is 2.79 bits per heavy atom. The number of anilines is 1. The number of nitrogens with one attached hydrogen (secondary N) is 2. The molecular formula is C24H30N8O2. The molecule has 2 saturated carbocycles. The maximum Gasteiger partial charge on any atom is 0.321 e. The Labute approximate surface area is 197 Å². The Morgan fingerprint density at radius 2 is 2.03 bits per heavy atom. The van der Waals surface area contributed by atoms with Crippen LogP contribution in [0, 0.1) is 17.8 Å². The quantitative estimate of drug-likeness (QED) is 0.524. The lowest BCUT2D eigenvalue weighted by molar-refractivity contribution is 0.0939. The van der Waals surface area contributed by atoms with Crippen LogP contribution in [-0.2, 0) is 0 Å². The van der Waals surface area contributed by atoms with Gasteiger partial charge in [0.1, 0.15) is 0 Å². The molecule has 2 N–H and O–H groups in total. The Hall–Kier alpha value is -3.30. The number of hydrogen-bond donors (Lipinski definition) is 2. The Balaban J connectivity index is 1.17. The van der Waals surface area contributed by atoms with Crippen LogP contribution in [0.15, 0.2) is 18.3 Å². The molecule has 10 heteroatoms. The molecule has 0 aromatic carbocycles. The first-order chi connectivity index (χ1) is 16.6. The van der Waals surface area contributed by atoms with Crippen molar-refractivity contribution < 1.29 is 9.53 Å². The van der Waals surface area contributed by atoms with E-state index in [4.69, 9.17) is 4.74 Å². The van der Waals surface area contributed by atoms with Gasteiger partial charge in [0.2, 0.25) is 11.8 Å². The molecule has 2 atom stereocenters. The second-order valence-corrected chi connectivity index (χ2v) is 9.95. The van der Waals surface area contributed by atoms with E-state index < -0.39 is 0 Å². The molecule has 178 valence electrons. The molecule has 0 spiro atoms. The van der Waals surface area contributed by atoms with E-state index in [1.54, 1.807) is 6.20 Å². The van der Waals surface area contributed by atoms with Crippen LogP contribution in [0.3, 0.4) is 0 Å². The molecule has 3 aliphatic rings. The van der Waals surface area contributed by atoms with Crippen LogP contribution in [0.2, 0.25) is 0 Å². The molecule has 0 radical (unpaired) electrons. The van der Waals surface area contributed by atoms with E-state index >= 15 is 0 Å². The second kappa shape index (κ2) is 8.81. The van der Waals surface area contributed by atoms with E-state index in [0.717, 1.165) is 49.1 Å². The third-order valence-electron chi connectivity index (χ3n) is 7.29. The van der Waals surface area contributed by atoms with Gasteiger partial charge in [-0.15, -0.1) is 0 Å². The van der Waals surface area contributed by atoms with Crippen LogP contribution < -0.4 is 15.0 Å². The number of pyridine rings is 1. The molecule has 3 aromatic rings. The van der Waals surface area contributed by atoms with Crippen molar-refractivity contribution in [3.8, 4) is 6.01 Å². The third kappa shape index (κ3) is 4.53. The largest absolute Gasteiger partial charge is 0.463 e. The van der Waals surface area contributed by atoms with Gasteiger partial charge in [0, 0.05) is 37.1 Å². The monoisotopic (exact) mass is 462 g/mol. The lowest BCUT2D eigenvalue weighted by Gasteiger charge is -2.31. The second-order valence-electron chi connectivity index (χ2n) is 9.95. The molecule has 1 saturated heterocycles. The summed E-state index contributed by atoms with van der Waals surface area (Å²) < 4.78 is 5.90. The van der Waals surface area contributed by atoms with Gasteiger partial charge < -0.3 is 15.0 Å². The van der Waals surface area contributed by atoms with E-state index in [1.807, 2.05) is 6.07 Å². The molecule has 3 aromatic heterocycles. The number of nitrogens with zero attached hydrogens (tertiary/aromatic N) is 6. The van der Waals surface area contributed by atoms with Crippen molar-refractivity contribution >= 4 is 22.9 Å². The van der Waals surface area contributed by atoms with E-state index in [1.165, 1.54) is 12.8 Å². The number of carbonyl (C=O) groups excluding carboxylic acids is 1. The summed E-state index contributed by atoms with van der Waals surface area (Å²) in [5, 5.41) is 11.6. The van der Waals surface area contributed by atoms with Gasteiger partial charge in [-0.3, -0.25) is 9.89 Å². The maximum absolute atomic E-state index is 12.7. The maximum atomic E-state index is 12.7. The van der Waals surface area contributed by atoms with Crippen molar-refractivity contribution in [2.24, 2.45) is 17.8 Å². The zero-order valence-electron chi connectivity index (χ0n) is 19.4. The topological polar surface area (TPSA) is 122 Å². The summed E-state index contributed by atoms with van der Waals surface area (Å²) >= 11 is 0. The molecule has 2 aliphatic carbocycles. The third-order valence-corrected chi connectivity index (χ3v) is 7.29. The van der Waals surface area contributed by atoms with E-state index in [9.17, 15) is 4.79 Å². The number of aromatic amines is 1. The number of carbonyl (C=O) groups is 1. The minimum absolute atomic E-state index is 0.135. The fourth-order valence-electron chi connectivity index (χ4n) is 4.64.